The monoisotopic (exact) mass is 422 g/mol. The van der Waals surface area contributed by atoms with Gasteiger partial charge in [0.2, 0.25) is 5.88 Å². The smallest absolute Gasteiger partial charge is 0.269 e. The van der Waals surface area contributed by atoms with Crippen LogP contribution in [-0.2, 0) is 9.47 Å². The second-order valence-electron chi connectivity index (χ2n) is 11.5. The zero-order valence-corrected chi connectivity index (χ0v) is 19.7. The molecule has 31 heavy (non-hydrogen) atoms. The van der Waals surface area contributed by atoms with Gasteiger partial charge in [0.05, 0.1) is 0 Å². The third-order valence-corrected chi connectivity index (χ3v) is 7.15. The Kier molecular flexibility index (Phi) is 5.32. The molecule has 5 rings (SSSR count). The van der Waals surface area contributed by atoms with E-state index in [-0.39, 0.29) is 11.7 Å². The number of ether oxygens (including phenoxy) is 2. The first kappa shape index (κ1) is 20.9. The Morgan fingerprint density at radius 1 is 1.00 bits per heavy atom. The van der Waals surface area contributed by atoms with Crippen molar-refractivity contribution in [3.8, 4) is 0 Å². The van der Waals surface area contributed by atoms with E-state index in [0.29, 0.717) is 5.41 Å². The first-order valence-electron chi connectivity index (χ1n) is 12.1. The quantitative estimate of drug-likeness (QED) is 0.600. The molecule has 4 aliphatic rings. The summed E-state index contributed by atoms with van der Waals surface area (Å²) in [7, 11) is 0. The van der Waals surface area contributed by atoms with Gasteiger partial charge in [0.15, 0.2) is 0 Å². The average molecular weight is 423 g/mol. The molecule has 2 aliphatic carbocycles. The molecule has 0 bridgehead atoms. The third-order valence-electron chi connectivity index (χ3n) is 7.15. The van der Waals surface area contributed by atoms with Gasteiger partial charge >= 0.3 is 0 Å². The fourth-order valence-electron chi connectivity index (χ4n) is 5.94. The van der Waals surface area contributed by atoms with Crippen molar-refractivity contribution < 1.29 is 9.47 Å². The summed E-state index contributed by atoms with van der Waals surface area (Å²) >= 11 is 0. The minimum Gasteiger partial charge on any atom is -0.453 e. The topological polar surface area (TPSA) is 24.9 Å². The predicted molar refractivity (Wildman–Crippen MR) is 125 cm³/mol. The second-order valence-corrected chi connectivity index (χ2v) is 11.5. The van der Waals surface area contributed by atoms with Gasteiger partial charge < -0.3 is 14.4 Å². The molecular formula is C27H38N2O2. The molecule has 4 nitrogen and oxygen atoms in total. The van der Waals surface area contributed by atoms with E-state index in [1.165, 1.54) is 36.9 Å². The van der Waals surface area contributed by atoms with Crippen LogP contribution in [0.2, 0.25) is 0 Å². The number of benzene rings is 1. The zero-order valence-electron chi connectivity index (χ0n) is 19.7. The summed E-state index contributed by atoms with van der Waals surface area (Å²) < 4.78 is 12.4. The van der Waals surface area contributed by atoms with Crippen molar-refractivity contribution in [2.75, 3.05) is 32.7 Å². The minimum atomic E-state index is -0.357. The zero-order chi connectivity index (χ0) is 21.6. The Balaban J connectivity index is 1.28. The number of allylic oxidation sites excluding steroid dienone is 2. The molecule has 0 radical (unpaired) electrons. The Hall–Kier alpha value is -1.94. The van der Waals surface area contributed by atoms with Crippen molar-refractivity contribution in [2.24, 2.45) is 16.7 Å². The normalized spacial score (nSPS) is 27.9. The summed E-state index contributed by atoms with van der Waals surface area (Å²) in [5, 5.41) is 0. The van der Waals surface area contributed by atoms with Crippen LogP contribution in [0.25, 0.3) is 5.57 Å². The first-order valence-corrected chi connectivity index (χ1v) is 12.1. The van der Waals surface area contributed by atoms with E-state index in [9.17, 15) is 0 Å². The van der Waals surface area contributed by atoms with Crippen LogP contribution in [0.3, 0.4) is 0 Å². The number of hydrogen-bond acceptors (Lipinski definition) is 4. The summed E-state index contributed by atoms with van der Waals surface area (Å²) in [5.74, 6) is 1.85. The highest BCUT2D eigenvalue weighted by atomic mass is 16.7. The molecule has 2 fully saturated rings. The average Bonchev–Trinajstić information content (AvgIpc) is 3.38. The molecular weight excluding hydrogens is 384 g/mol. The van der Waals surface area contributed by atoms with E-state index >= 15 is 0 Å². The Bertz CT molecular complexity index is 873. The lowest BCUT2D eigenvalue weighted by molar-refractivity contribution is -0.0564. The van der Waals surface area contributed by atoms with E-state index in [4.69, 9.17) is 9.47 Å². The van der Waals surface area contributed by atoms with Crippen LogP contribution >= 0.6 is 0 Å². The molecule has 0 aromatic heterocycles. The molecule has 1 aromatic rings. The lowest BCUT2D eigenvalue weighted by Crippen LogP contribution is -2.46. The van der Waals surface area contributed by atoms with Gasteiger partial charge in [-0.2, -0.15) is 0 Å². The molecule has 4 heteroatoms. The van der Waals surface area contributed by atoms with Crippen molar-refractivity contribution in [2.45, 2.75) is 59.7 Å². The van der Waals surface area contributed by atoms with E-state index < -0.39 is 0 Å². The largest absolute Gasteiger partial charge is 0.453 e. The molecule has 168 valence electrons. The number of piperazine rings is 1. The van der Waals surface area contributed by atoms with Crippen LogP contribution in [0.5, 0.6) is 0 Å². The summed E-state index contributed by atoms with van der Waals surface area (Å²) in [6, 6.07) is 8.64. The molecule has 1 saturated carbocycles. The van der Waals surface area contributed by atoms with Crippen LogP contribution in [-0.4, -0.2) is 42.5 Å². The molecule has 2 heterocycles. The lowest BCUT2D eigenvalue weighted by atomic mass is 9.65. The van der Waals surface area contributed by atoms with Crippen molar-refractivity contribution in [1.29, 1.82) is 0 Å². The highest BCUT2D eigenvalue weighted by molar-refractivity contribution is 5.70. The molecule has 1 atom stereocenters. The summed E-state index contributed by atoms with van der Waals surface area (Å²) in [6.45, 7) is 15.0. The number of rotatable bonds is 5. The summed E-state index contributed by atoms with van der Waals surface area (Å²) in [4.78, 5) is 4.95. The van der Waals surface area contributed by atoms with Crippen molar-refractivity contribution in [3.63, 3.8) is 0 Å². The van der Waals surface area contributed by atoms with Gasteiger partial charge in [0.1, 0.15) is 6.26 Å². The predicted octanol–water partition coefficient (Wildman–Crippen LogP) is 5.79. The van der Waals surface area contributed by atoms with Crippen LogP contribution in [0.15, 0.2) is 42.5 Å². The van der Waals surface area contributed by atoms with Gasteiger partial charge in [-0.05, 0) is 53.6 Å². The minimum absolute atomic E-state index is 0.200. The molecule has 1 aromatic carbocycles. The first-order chi connectivity index (χ1) is 14.8. The van der Waals surface area contributed by atoms with Crippen molar-refractivity contribution in [1.82, 2.24) is 9.80 Å². The molecule has 0 N–H and O–H groups in total. The summed E-state index contributed by atoms with van der Waals surface area (Å²) in [5.41, 5.74) is 4.33. The fraction of sp³-hybridized carbons (Fsp3) is 0.630. The Morgan fingerprint density at radius 2 is 1.74 bits per heavy atom. The summed E-state index contributed by atoms with van der Waals surface area (Å²) in [6.07, 6.45) is 9.09. The molecule has 1 unspecified atom stereocenters. The van der Waals surface area contributed by atoms with Gasteiger partial charge in [-0.1, -0.05) is 58.0 Å². The van der Waals surface area contributed by atoms with E-state index in [1.54, 1.807) is 0 Å². The maximum Gasteiger partial charge on any atom is 0.269 e. The van der Waals surface area contributed by atoms with Crippen LogP contribution < -0.4 is 0 Å². The highest BCUT2D eigenvalue weighted by Crippen LogP contribution is 2.48. The number of nitrogens with zero attached hydrogens (tertiary/aromatic N) is 2. The third kappa shape index (κ3) is 4.79. The van der Waals surface area contributed by atoms with Crippen molar-refractivity contribution in [3.05, 3.63) is 53.6 Å². The van der Waals surface area contributed by atoms with Crippen LogP contribution in [0.4, 0.5) is 0 Å². The Labute approximate surface area is 187 Å². The highest BCUT2D eigenvalue weighted by Gasteiger charge is 2.36. The molecule has 1 saturated heterocycles. The van der Waals surface area contributed by atoms with E-state index in [0.717, 1.165) is 50.0 Å². The van der Waals surface area contributed by atoms with Crippen LogP contribution in [0.1, 0.15) is 70.8 Å². The molecule has 0 amide bonds. The van der Waals surface area contributed by atoms with Gasteiger partial charge in [-0.25, -0.2) is 0 Å². The maximum atomic E-state index is 6.37. The van der Waals surface area contributed by atoms with E-state index in [2.05, 4.69) is 67.8 Å². The SMILES string of the molecule is CC1(C)C=C(c2ccccc2C2OC=C(N3CCN(CC4CC4)CC3)O2)CC(C)(C)C1. The van der Waals surface area contributed by atoms with Gasteiger partial charge in [-0.15, -0.1) is 0 Å². The second kappa shape index (κ2) is 7.88. The van der Waals surface area contributed by atoms with Gasteiger partial charge in [-0.3, -0.25) is 4.90 Å². The standard InChI is InChI=1S/C27H38N2O2/c1-26(2)15-21(16-27(3,4)19-26)22-7-5-6-8-23(22)25-30-18-24(31-25)29-13-11-28(12-14-29)17-20-9-10-20/h5-8,15,18,20,25H,9-14,16-17,19H2,1-4H3. The molecule has 2 aliphatic heterocycles. The lowest BCUT2D eigenvalue weighted by Gasteiger charge is -2.40. The van der Waals surface area contributed by atoms with Crippen molar-refractivity contribution >= 4 is 5.57 Å². The number of hydrogen-bond donors (Lipinski definition) is 0. The van der Waals surface area contributed by atoms with Gasteiger partial charge in [0.25, 0.3) is 6.29 Å². The van der Waals surface area contributed by atoms with Crippen LogP contribution in [0, 0.1) is 16.7 Å². The Morgan fingerprint density at radius 3 is 2.45 bits per heavy atom. The van der Waals surface area contributed by atoms with E-state index in [1.807, 2.05) is 6.26 Å². The fourth-order valence-corrected chi connectivity index (χ4v) is 5.94. The molecule has 0 spiro atoms. The maximum absolute atomic E-state index is 6.37. The van der Waals surface area contributed by atoms with Gasteiger partial charge in [0, 0.05) is 38.3 Å².